The average molecular weight is 541 g/mol. The average Bonchev–Trinajstić information content (AvgIpc) is 2.88. The quantitative estimate of drug-likeness (QED) is 0.366. The molecule has 1 heterocycles. The molecule has 0 bridgehead atoms. The number of hydrogen-bond acceptors (Lipinski definition) is 4. The monoisotopic (exact) mass is 540 g/mol. The predicted molar refractivity (Wildman–Crippen MR) is 143 cm³/mol. The third-order valence-corrected chi connectivity index (χ3v) is 6.16. The number of ether oxygens (including phenoxy) is 2. The van der Waals surface area contributed by atoms with Crippen LogP contribution in [0.15, 0.2) is 72.8 Å². The normalized spacial score (nSPS) is 14.6. The minimum Gasteiger partial charge on any atom is -0.490 e. The van der Waals surface area contributed by atoms with Crippen LogP contribution < -0.4 is 10.1 Å². The Morgan fingerprint density at radius 3 is 2.23 bits per heavy atom. The number of alkyl halides is 3. The van der Waals surface area contributed by atoms with Crippen LogP contribution in [0.1, 0.15) is 49.5 Å². The van der Waals surface area contributed by atoms with Gasteiger partial charge in [-0.2, -0.15) is 13.2 Å². The summed E-state index contributed by atoms with van der Waals surface area (Å²) in [6.07, 6.45) is -3.85. The highest BCUT2D eigenvalue weighted by Crippen LogP contribution is 2.34. The van der Waals surface area contributed by atoms with E-state index in [9.17, 15) is 22.8 Å². The van der Waals surface area contributed by atoms with Gasteiger partial charge in [0, 0.05) is 43.2 Å². The number of hydrogen-bond donors (Lipinski definition) is 1. The number of likely N-dealkylation sites (tertiary alicyclic amines) is 1. The summed E-state index contributed by atoms with van der Waals surface area (Å²) in [5.74, 6) is -0.154. The lowest BCUT2D eigenvalue weighted by atomic mass is 9.96. The molecule has 0 radical (unpaired) electrons. The molecule has 1 N–H and O–H groups in total. The fourth-order valence-corrected chi connectivity index (χ4v) is 4.30. The fourth-order valence-electron chi connectivity index (χ4n) is 4.30. The van der Waals surface area contributed by atoms with Crippen LogP contribution in [-0.2, 0) is 10.9 Å². The van der Waals surface area contributed by atoms with Gasteiger partial charge in [-0.05, 0) is 56.2 Å². The molecule has 1 saturated heterocycles. The number of carbonyl (C=O) groups excluding carboxylic acids is 2. The topological polar surface area (TPSA) is 67.9 Å². The summed E-state index contributed by atoms with van der Waals surface area (Å²) in [5, 5.41) is 2.71. The van der Waals surface area contributed by atoms with E-state index in [0.717, 1.165) is 12.1 Å². The molecule has 206 valence electrons. The van der Waals surface area contributed by atoms with Crippen molar-refractivity contribution < 1.29 is 32.2 Å². The molecule has 0 spiro atoms. The SMILES string of the molecule is CC(C)(C)OC(=O)N1CCC(Oc2cccc(NC(=O)c3cc(C(F)(F)F)ccc3-c3ccccc3)c2)CC1. The summed E-state index contributed by atoms with van der Waals surface area (Å²) in [7, 11) is 0. The minimum atomic E-state index is -4.59. The van der Waals surface area contributed by atoms with E-state index < -0.39 is 23.2 Å². The fraction of sp³-hybridized carbons (Fsp3) is 0.333. The summed E-state index contributed by atoms with van der Waals surface area (Å²) in [6, 6.07) is 18.7. The van der Waals surface area contributed by atoms with Gasteiger partial charge in [0.25, 0.3) is 5.91 Å². The molecule has 0 aliphatic carbocycles. The van der Waals surface area contributed by atoms with Gasteiger partial charge >= 0.3 is 12.3 Å². The van der Waals surface area contributed by atoms with E-state index in [2.05, 4.69) is 5.32 Å². The van der Waals surface area contributed by atoms with Crippen LogP contribution in [0.25, 0.3) is 11.1 Å². The first kappa shape index (κ1) is 28.0. The molecule has 1 aliphatic rings. The van der Waals surface area contributed by atoms with E-state index in [1.54, 1.807) is 59.5 Å². The number of anilines is 1. The maximum absolute atomic E-state index is 13.4. The van der Waals surface area contributed by atoms with Gasteiger partial charge in [0.1, 0.15) is 17.5 Å². The van der Waals surface area contributed by atoms with E-state index >= 15 is 0 Å². The molecule has 9 heteroatoms. The van der Waals surface area contributed by atoms with Crippen molar-refractivity contribution in [3.63, 3.8) is 0 Å². The van der Waals surface area contributed by atoms with E-state index in [4.69, 9.17) is 9.47 Å². The Hall–Kier alpha value is -4.01. The van der Waals surface area contributed by atoms with Crippen LogP contribution >= 0.6 is 0 Å². The zero-order chi connectivity index (χ0) is 28.2. The molecule has 0 saturated carbocycles. The van der Waals surface area contributed by atoms with Crippen molar-refractivity contribution in [1.82, 2.24) is 4.90 Å². The Morgan fingerprint density at radius 1 is 0.897 bits per heavy atom. The lowest BCUT2D eigenvalue weighted by Crippen LogP contribution is -2.44. The van der Waals surface area contributed by atoms with Crippen LogP contribution in [0.2, 0.25) is 0 Å². The van der Waals surface area contributed by atoms with Crippen LogP contribution in [0.4, 0.5) is 23.7 Å². The van der Waals surface area contributed by atoms with Crippen LogP contribution in [0.3, 0.4) is 0 Å². The molecule has 6 nitrogen and oxygen atoms in total. The molecule has 0 atom stereocenters. The molecule has 3 aromatic rings. The van der Waals surface area contributed by atoms with E-state index in [1.165, 1.54) is 6.07 Å². The van der Waals surface area contributed by atoms with Crippen molar-refractivity contribution in [2.75, 3.05) is 18.4 Å². The summed E-state index contributed by atoms with van der Waals surface area (Å²) >= 11 is 0. The van der Waals surface area contributed by atoms with E-state index in [0.29, 0.717) is 48.5 Å². The first-order chi connectivity index (χ1) is 18.4. The van der Waals surface area contributed by atoms with Crippen LogP contribution in [0, 0.1) is 0 Å². The standard InChI is InChI=1S/C30H31F3N2O4/c1-29(2,3)39-28(37)35-16-14-23(15-17-35)38-24-11-7-10-22(19-24)34-27(36)26-18-21(30(31,32)33)12-13-25(26)20-8-5-4-6-9-20/h4-13,18-19,23H,14-17H2,1-3H3,(H,34,36). The Kier molecular flexibility index (Phi) is 8.18. The third kappa shape index (κ3) is 7.52. The number of rotatable bonds is 5. The molecule has 0 aromatic heterocycles. The number of piperidine rings is 1. The van der Waals surface area contributed by atoms with Crippen molar-refractivity contribution in [1.29, 1.82) is 0 Å². The van der Waals surface area contributed by atoms with Crippen LogP contribution in [0.5, 0.6) is 5.75 Å². The van der Waals surface area contributed by atoms with Crippen molar-refractivity contribution >= 4 is 17.7 Å². The zero-order valence-corrected chi connectivity index (χ0v) is 22.0. The lowest BCUT2D eigenvalue weighted by Gasteiger charge is -2.33. The number of amides is 2. The second kappa shape index (κ2) is 11.4. The van der Waals surface area contributed by atoms with E-state index in [1.807, 2.05) is 20.8 Å². The van der Waals surface area contributed by atoms with Gasteiger partial charge < -0.3 is 19.7 Å². The van der Waals surface area contributed by atoms with Gasteiger partial charge in [0.05, 0.1) is 5.56 Å². The number of carbonyl (C=O) groups is 2. The first-order valence-electron chi connectivity index (χ1n) is 12.7. The number of nitrogens with zero attached hydrogens (tertiary/aromatic N) is 1. The molecule has 4 rings (SSSR count). The maximum Gasteiger partial charge on any atom is 0.416 e. The summed E-state index contributed by atoms with van der Waals surface area (Å²) < 4.78 is 51.8. The van der Waals surface area contributed by atoms with Gasteiger partial charge in [-0.25, -0.2) is 4.79 Å². The molecule has 1 fully saturated rings. The highest BCUT2D eigenvalue weighted by atomic mass is 19.4. The molecule has 39 heavy (non-hydrogen) atoms. The van der Waals surface area contributed by atoms with Gasteiger partial charge in [0.2, 0.25) is 0 Å². The Bertz CT molecular complexity index is 1310. The number of nitrogens with one attached hydrogen (secondary N) is 1. The second-order valence-corrected chi connectivity index (χ2v) is 10.4. The van der Waals surface area contributed by atoms with Crippen molar-refractivity contribution in [3.8, 4) is 16.9 Å². The third-order valence-electron chi connectivity index (χ3n) is 6.16. The summed E-state index contributed by atoms with van der Waals surface area (Å²) in [6.45, 7) is 6.45. The largest absolute Gasteiger partial charge is 0.490 e. The van der Waals surface area contributed by atoms with Gasteiger partial charge in [0.15, 0.2) is 0 Å². The zero-order valence-electron chi connectivity index (χ0n) is 22.0. The Balaban J connectivity index is 1.45. The number of benzene rings is 3. The molecule has 0 unspecified atom stereocenters. The molecule has 3 aromatic carbocycles. The van der Waals surface area contributed by atoms with Gasteiger partial charge in [-0.1, -0.05) is 42.5 Å². The van der Waals surface area contributed by atoms with Crippen molar-refractivity contribution in [2.45, 2.75) is 51.5 Å². The molecule has 2 amide bonds. The van der Waals surface area contributed by atoms with Crippen molar-refractivity contribution in [3.05, 3.63) is 83.9 Å². The first-order valence-corrected chi connectivity index (χ1v) is 12.7. The smallest absolute Gasteiger partial charge is 0.416 e. The highest BCUT2D eigenvalue weighted by Gasteiger charge is 2.32. The van der Waals surface area contributed by atoms with E-state index in [-0.39, 0.29) is 17.8 Å². The predicted octanol–water partition coefficient (Wildman–Crippen LogP) is 7.40. The maximum atomic E-state index is 13.4. The minimum absolute atomic E-state index is 0.0862. The van der Waals surface area contributed by atoms with Gasteiger partial charge in [-0.15, -0.1) is 0 Å². The summed E-state index contributed by atoms with van der Waals surface area (Å²) in [5.41, 5.74) is -0.138. The Labute approximate surface area is 225 Å². The molecular weight excluding hydrogens is 509 g/mol. The lowest BCUT2D eigenvalue weighted by molar-refractivity contribution is -0.137. The summed E-state index contributed by atoms with van der Waals surface area (Å²) in [4.78, 5) is 27.2. The van der Waals surface area contributed by atoms with Crippen molar-refractivity contribution in [2.24, 2.45) is 0 Å². The Morgan fingerprint density at radius 2 is 1.59 bits per heavy atom. The molecular formula is C30H31F3N2O4. The molecule has 1 aliphatic heterocycles. The van der Waals surface area contributed by atoms with Crippen LogP contribution in [-0.4, -0.2) is 41.7 Å². The highest BCUT2D eigenvalue weighted by molar-refractivity contribution is 6.09. The van der Waals surface area contributed by atoms with Gasteiger partial charge in [-0.3, -0.25) is 4.79 Å². The second-order valence-electron chi connectivity index (χ2n) is 10.4. The number of halogens is 3.